The number of nitrogens with zero attached hydrogens (tertiary/aromatic N) is 2. The predicted molar refractivity (Wildman–Crippen MR) is 78.0 cm³/mol. The number of carboxylic acids is 1. The first-order valence-electron chi connectivity index (χ1n) is 6.94. The topological polar surface area (TPSA) is 72.2 Å². The number of rotatable bonds is 5. The van der Waals surface area contributed by atoms with E-state index in [-0.39, 0.29) is 23.8 Å². The minimum atomic E-state index is -0.895. The van der Waals surface area contributed by atoms with E-state index in [4.69, 9.17) is 5.11 Å². The summed E-state index contributed by atoms with van der Waals surface area (Å²) in [5.74, 6) is -0.586. The van der Waals surface area contributed by atoms with E-state index in [1.54, 1.807) is 6.07 Å². The fourth-order valence-corrected chi connectivity index (χ4v) is 1.85. The first-order chi connectivity index (χ1) is 9.11. The number of carboxylic acid groups (broad SMARTS) is 1. The molecule has 0 aliphatic rings. The van der Waals surface area contributed by atoms with E-state index >= 15 is 0 Å². The van der Waals surface area contributed by atoms with E-state index < -0.39 is 5.97 Å². The van der Waals surface area contributed by atoms with Crippen molar-refractivity contribution in [2.45, 2.75) is 59.4 Å². The summed E-state index contributed by atoms with van der Waals surface area (Å²) in [5.41, 5.74) is 1.00. The Morgan fingerprint density at radius 3 is 2.45 bits per heavy atom. The zero-order valence-electron chi connectivity index (χ0n) is 12.9. The highest BCUT2D eigenvalue weighted by molar-refractivity contribution is 5.67. The molecule has 112 valence electrons. The van der Waals surface area contributed by atoms with Crippen LogP contribution in [0.2, 0.25) is 0 Å². The summed E-state index contributed by atoms with van der Waals surface area (Å²) >= 11 is 0. The highest BCUT2D eigenvalue weighted by atomic mass is 16.4. The minimum Gasteiger partial charge on any atom is -0.481 e. The molecule has 0 atom stereocenters. The zero-order chi connectivity index (χ0) is 15.5. The lowest BCUT2D eigenvalue weighted by molar-refractivity contribution is -0.136. The molecule has 1 aromatic rings. The molecular formula is C15H24N2O3. The highest BCUT2D eigenvalue weighted by Crippen LogP contribution is 2.20. The van der Waals surface area contributed by atoms with Gasteiger partial charge in [0.05, 0.1) is 5.69 Å². The van der Waals surface area contributed by atoms with Gasteiger partial charge >= 0.3 is 5.97 Å². The molecule has 0 unspecified atom stereocenters. The average molecular weight is 280 g/mol. The Bertz CT molecular complexity index is 539. The van der Waals surface area contributed by atoms with Crippen LogP contribution < -0.4 is 5.56 Å². The van der Waals surface area contributed by atoms with Crippen LogP contribution in [-0.2, 0) is 23.2 Å². The van der Waals surface area contributed by atoms with E-state index in [1.807, 2.05) is 34.6 Å². The third kappa shape index (κ3) is 4.47. The molecule has 0 saturated heterocycles. The molecule has 0 aliphatic carbocycles. The van der Waals surface area contributed by atoms with E-state index in [0.717, 1.165) is 5.69 Å². The molecular weight excluding hydrogens is 256 g/mol. The van der Waals surface area contributed by atoms with Crippen LogP contribution in [0.5, 0.6) is 0 Å². The summed E-state index contributed by atoms with van der Waals surface area (Å²) < 4.78 is 1.47. The lowest BCUT2D eigenvalue weighted by Crippen LogP contribution is -2.32. The highest BCUT2D eigenvalue weighted by Gasteiger charge is 2.20. The second-order valence-electron chi connectivity index (χ2n) is 6.58. The number of aromatic nitrogens is 2. The maximum Gasteiger partial charge on any atom is 0.303 e. The van der Waals surface area contributed by atoms with Crippen molar-refractivity contribution in [3.8, 4) is 0 Å². The number of carbonyl (C=O) groups is 1. The molecule has 1 N–H and O–H groups in total. The van der Waals surface area contributed by atoms with Gasteiger partial charge in [0.15, 0.2) is 0 Å². The second kappa shape index (κ2) is 6.20. The van der Waals surface area contributed by atoms with Crippen molar-refractivity contribution in [2.24, 2.45) is 5.92 Å². The summed E-state index contributed by atoms with van der Waals surface area (Å²) in [6.45, 7) is 10.7. The third-order valence-corrected chi connectivity index (χ3v) is 2.96. The quantitative estimate of drug-likeness (QED) is 0.897. The van der Waals surface area contributed by atoms with Crippen LogP contribution in [0.25, 0.3) is 0 Å². The first kappa shape index (κ1) is 16.4. The van der Waals surface area contributed by atoms with Crippen molar-refractivity contribution in [1.29, 1.82) is 0 Å². The van der Waals surface area contributed by atoms with E-state index in [2.05, 4.69) is 5.10 Å². The van der Waals surface area contributed by atoms with Gasteiger partial charge in [-0.2, -0.15) is 5.10 Å². The van der Waals surface area contributed by atoms with E-state index in [9.17, 15) is 9.59 Å². The predicted octanol–water partition coefficient (Wildman–Crippen LogP) is 2.21. The smallest absolute Gasteiger partial charge is 0.303 e. The van der Waals surface area contributed by atoms with Crippen molar-refractivity contribution < 1.29 is 9.90 Å². The Morgan fingerprint density at radius 1 is 1.40 bits per heavy atom. The van der Waals surface area contributed by atoms with Gasteiger partial charge in [-0.3, -0.25) is 9.59 Å². The molecule has 0 aromatic carbocycles. The van der Waals surface area contributed by atoms with Crippen LogP contribution in [0.3, 0.4) is 0 Å². The van der Waals surface area contributed by atoms with Crippen molar-refractivity contribution in [3.05, 3.63) is 27.7 Å². The largest absolute Gasteiger partial charge is 0.481 e. The molecule has 0 spiro atoms. The number of hydrogen-bond acceptors (Lipinski definition) is 3. The molecule has 5 heteroatoms. The van der Waals surface area contributed by atoms with Gasteiger partial charge in [0, 0.05) is 23.9 Å². The van der Waals surface area contributed by atoms with Crippen LogP contribution >= 0.6 is 0 Å². The van der Waals surface area contributed by atoms with E-state index in [0.29, 0.717) is 18.0 Å². The summed E-state index contributed by atoms with van der Waals surface area (Å²) in [6, 6.07) is 1.75. The van der Waals surface area contributed by atoms with Crippen LogP contribution in [0.1, 0.15) is 52.3 Å². The summed E-state index contributed by atoms with van der Waals surface area (Å²) in [7, 11) is 0. The second-order valence-corrected chi connectivity index (χ2v) is 6.58. The van der Waals surface area contributed by atoms with Crippen LogP contribution in [0.4, 0.5) is 0 Å². The Kier molecular flexibility index (Phi) is 5.09. The summed E-state index contributed by atoms with van der Waals surface area (Å²) in [5, 5.41) is 13.2. The fourth-order valence-electron chi connectivity index (χ4n) is 1.85. The molecule has 0 amide bonds. The van der Waals surface area contributed by atoms with Crippen molar-refractivity contribution in [3.63, 3.8) is 0 Å². The molecule has 1 heterocycles. The monoisotopic (exact) mass is 280 g/mol. The number of hydrogen-bond donors (Lipinski definition) is 1. The third-order valence-electron chi connectivity index (χ3n) is 2.96. The Morgan fingerprint density at radius 2 is 2.00 bits per heavy atom. The van der Waals surface area contributed by atoms with E-state index in [1.165, 1.54) is 4.68 Å². The number of aryl methyl sites for hydroxylation is 1. The van der Waals surface area contributed by atoms with Gasteiger partial charge in [0.25, 0.3) is 5.56 Å². The summed E-state index contributed by atoms with van der Waals surface area (Å²) in [4.78, 5) is 23.0. The van der Waals surface area contributed by atoms with Crippen LogP contribution in [0, 0.1) is 5.92 Å². The van der Waals surface area contributed by atoms with Gasteiger partial charge in [-0.1, -0.05) is 34.6 Å². The van der Waals surface area contributed by atoms with Gasteiger partial charge in [0.1, 0.15) is 0 Å². The van der Waals surface area contributed by atoms with Crippen molar-refractivity contribution >= 4 is 5.97 Å². The minimum absolute atomic E-state index is 0.0372. The molecule has 20 heavy (non-hydrogen) atoms. The molecule has 0 aliphatic heterocycles. The zero-order valence-corrected chi connectivity index (χ0v) is 12.9. The van der Waals surface area contributed by atoms with Gasteiger partial charge in [0.2, 0.25) is 0 Å². The van der Waals surface area contributed by atoms with Crippen molar-refractivity contribution in [1.82, 2.24) is 9.78 Å². The standard InChI is InChI=1S/C15H24N2O3/c1-10(2)9-17-14(20)11(6-7-13(18)19)8-12(16-17)15(3,4)5/h8,10H,6-7,9H2,1-5H3,(H,18,19). The van der Waals surface area contributed by atoms with Gasteiger partial charge in [-0.05, 0) is 18.4 Å². The molecule has 0 bridgehead atoms. The van der Waals surface area contributed by atoms with Crippen LogP contribution in [0.15, 0.2) is 10.9 Å². The number of aliphatic carboxylic acids is 1. The van der Waals surface area contributed by atoms with Crippen molar-refractivity contribution in [2.75, 3.05) is 0 Å². The molecule has 1 aromatic heterocycles. The fraction of sp³-hybridized carbons (Fsp3) is 0.667. The Labute approximate surface area is 119 Å². The average Bonchev–Trinajstić information content (AvgIpc) is 2.27. The Hall–Kier alpha value is -1.65. The molecule has 0 fully saturated rings. The lowest BCUT2D eigenvalue weighted by atomic mass is 9.91. The maximum absolute atomic E-state index is 12.3. The lowest BCUT2D eigenvalue weighted by Gasteiger charge is -2.20. The van der Waals surface area contributed by atoms with Crippen LogP contribution in [-0.4, -0.2) is 20.9 Å². The normalized spacial score (nSPS) is 11.9. The molecule has 0 radical (unpaired) electrons. The Balaban J connectivity index is 3.27. The maximum atomic E-state index is 12.3. The molecule has 1 rings (SSSR count). The van der Waals surface area contributed by atoms with Gasteiger partial charge in [-0.25, -0.2) is 4.68 Å². The first-order valence-corrected chi connectivity index (χ1v) is 6.94. The molecule has 5 nitrogen and oxygen atoms in total. The molecule has 0 saturated carbocycles. The van der Waals surface area contributed by atoms with Gasteiger partial charge < -0.3 is 5.11 Å². The SMILES string of the molecule is CC(C)Cn1nc(C(C)(C)C)cc(CCC(=O)O)c1=O. The summed E-state index contributed by atoms with van der Waals surface area (Å²) in [6.07, 6.45) is 0.211. The van der Waals surface area contributed by atoms with Gasteiger partial charge in [-0.15, -0.1) is 0 Å².